The van der Waals surface area contributed by atoms with E-state index >= 15 is 0 Å². The van der Waals surface area contributed by atoms with Crippen LogP contribution in [0.25, 0.3) is 0 Å². The van der Waals surface area contributed by atoms with Crippen LogP contribution in [0.4, 0.5) is 0 Å². The molecular weight excluding hydrogens is 192 g/mol. The summed E-state index contributed by atoms with van der Waals surface area (Å²) in [5.41, 5.74) is 0. The van der Waals surface area contributed by atoms with Crippen molar-refractivity contribution in [3.63, 3.8) is 0 Å². The molecule has 0 heterocycles. The summed E-state index contributed by atoms with van der Waals surface area (Å²) in [6.45, 7) is 0. The molecule has 0 N–H and O–H groups in total. The van der Waals surface area contributed by atoms with Gasteiger partial charge in [0.25, 0.3) is 0 Å². The van der Waals surface area contributed by atoms with Crippen molar-refractivity contribution in [2.75, 3.05) is 28.4 Å². The van der Waals surface area contributed by atoms with Crippen LogP contribution in [-0.2, 0) is 17.7 Å². The fourth-order valence-corrected chi connectivity index (χ4v) is 4.44. The van der Waals surface area contributed by atoms with E-state index in [4.69, 9.17) is 17.7 Å². The molecule has 0 radical (unpaired) electrons. The number of rotatable bonds is 7. The molecule has 0 aliphatic rings. The summed E-state index contributed by atoms with van der Waals surface area (Å²) in [4.78, 5) is 0. The molecule has 0 saturated heterocycles. The summed E-state index contributed by atoms with van der Waals surface area (Å²) in [5, 5.41) is 0. The lowest BCUT2D eigenvalue weighted by molar-refractivity contribution is 0.266. The number of hydrogen-bond acceptors (Lipinski definition) is 4. The van der Waals surface area contributed by atoms with Gasteiger partial charge >= 0.3 is 18.6 Å². The fraction of sp³-hybridized carbons (Fsp3) is 1.00. The maximum absolute atomic E-state index is 5.17. The first kappa shape index (κ1) is 12.3. The summed E-state index contributed by atoms with van der Waals surface area (Å²) in [6.07, 6.45) is 0. The van der Waals surface area contributed by atoms with E-state index in [0.717, 1.165) is 12.1 Å². The van der Waals surface area contributed by atoms with Gasteiger partial charge < -0.3 is 17.7 Å². The zero-order chi connectivity index (χ0) is 9.40. The molecule has 0 aliphatic heterocycles. The van der Waals surface area contributed by atoms with Crippen molar-refractivity contribution in [3.8, 4) is 0 Å². The summed E-state index contributed by atoms with van der Waals surface area (Å²) in [5.74, 6) is 0. The molecule has 0 atom stereocenters. The third-order valence-electron chi connectivity index (χ3n) is 1.69. The molecule has 74 valence electrons. The second-order valence-electron chi connectivity index (χ2n) is 2.38. The molecule has 0 rings (SSSR count). The van der Waals surface area contributed by atoms with Crippen LogP contribution < -0.4 is 0 Å². The molecule has 0 amide bonds. The van der Waals surface area contributed by atoms with Gasteiger partial charge in [0.15, 0.2) is 0 Å². The van der Waals surface area contributed by atoms with Crippen LogP contribution in [0.15, 0.2) is 0 Å². The average molecular weight is 210 g/mol. The largest absolute Gasteiger partial charge is 0.400 e. The van der Waals surface area contributed by atoms with Gasteiger partial charge in [-0.25, -0.2) is 0 Å². The van der Waals surface area contributed by atoms with Gasteiger partial charge in [0.05, 0.1) is 0 Å². The van der Waals surface area contributed by atoms with E-state index in [1.807, 2.05) is 0 Å². The predicted octanol–water partition coefficient (Wildman–Crippen LogP) is 0.0130. The van der Waals surface area contributed by atoms with Crippen LogP contribution in [0.3, 0.4) is 0 Å². The molecule has 0 fully saturated rings. The van der Waals surface area contributed by atoms with Crippen LogP contribution in [0.1, 0.15) is 0 Å². The van der Waals surface area contributed by atoms with E-state index in [1.165, 1.54) is 0 Å². The van der Waals surface area contributed by atoms with Crippen molar-refractivity contribution in [1.29, 1.82) is 0 Å². The quantitative estimate of drug-likeness (QED) is 0.555. The van der Waals surface area contributed by atoms with Crippen LogP contribution in [0, 0.1) is 0 Å². The van der Waals surface area contributed by atoms with Gasteiger partial charge in [0.2, 0.25) is 0 Å². The van der Waals surface area contributed by atoms with Gasteiger partial charge in [0, 0.05) is 28.4 Å². The molecule has 0 unspecified atom stereocenters. The van der Waals surface area contributed by atoms with Crippen molar-refractivity contribution in [3.05, 3.63) is 0 Å². The molecule has 0 aromatic heterocycles. The van der Waals surface area contributed by atoms with Crippen molar-refractivity contribution >= 4 is 18.6 Å². The lowest BCUT2D eigenvalue weighted by atomic mass is 11.0. The monoisotopic (exact) mass is 210 g/mol. The zero-order valence-electron chi connectivity index (χ0n) is 8.20. The minimum absolute atomic E-state index is 0.964. The molecule has 0 spiro atoms. The van der Waals surface area contributed by atoms with Crippen LogP contribution in [0.5, 0.6) is 0 Å². The Hall–Kier alpha value is 0.274. The first-order valence-corrected chi connectivity index (χ1v) is 7.41. The Morgan fingerprint density at radius 3 is 1.08 bits per heavy atom. The van der Waals surface area contributed by atoms with E-state index in [9.17, 15) is 0 Å². The molecule has 0 aromatic carbocycles. The maximum atomic E-state index is 5.17. The third-order valence-corrected chi connectivity index (χ3v) is 6.07. The minimum atomic E-state index is -1.40. The lowest BCUT2D eigenvalue weighted by Crippen LogP contribution is -2.25. The predicted molar refractivity (Wildman–Crippen MR) is 51.9 cm³/mol. The molecule has 6 heteroatoms. The van der Waals surface area contributed by atoms with Crippen LogP contribution in [-0.4, -0.2) is 47.0 Å². The average Bonchev–Trinajstić information content (AvgIpc) is 2.13. The Kier molecular flexibility index (Phi) is 8.08. The zero-order valence-corrected chi connectivity index (χ0v) is 10.5. The highest BCUT2D eigenvalue weighted by molar-refractivity contribution is 6.50. The van der Waals surface area contributed by atoms with Gasteiger partial charge in [-0.1, -0.05) is 0 Å². The summed E-state index contributed by atoms with van der Waals surface area (Å²) in [7, 11) is 3.96. The third kappa shape index (κ3) is 5.01. The number of hydrogen-bond donors (Lipinski definition) is 0. The van der Waals surface area contributed by atoms with E-state index in [-0.39, 0.29) is 0 Å². The van der Waals surface area contributed by atoms with Crippen LogP contribution in [0.2, 0.25) is 12.1 Å². The summed E-state index contributed by atoms with van der Waals surface area (Å²) in [6, 6.07) is 1.93. The second kappa shape index (κ2) is 7.90. The highest BCUT2D eigenvalue weighted by Crippen LogP contribution is 2.04. The van der Waals surface area contributed by atoms with Gasteiger partial charge in [-0.3, -0.25) is 0 Å². The lowest BCUT2D eigenvalue weighted by Gasteiger charge is -2.14. The molecule has 0 aliphatic carbocycles. The van der Waals surface area contributed by atoms with Crippen molar-refractivity contribution in [2.45, 2.75) is 12.1 Å². The van der Waals surface area contributed by atoms with Gasteiger partial charge in [-0.2, -0.15) is 0 Å². The fourth-order valence-electron chi connectivity index (χ4n) is 0.936. The molecule has 4 nitrogen and oxygen atoms in total. The first-order valence-electron chi connectivity index (χ1n) is 3.89. The smallest absolute Gasteiger partial charge is 0.320 e. The maximum Gasteiger partial charge on any atom is 0.320 e. The highest BCUT2D eigenvalue weighted by Gasteiger charge is 2.15. The Morgan fingerprint density at radius 1 is 0.667 bits per heavy atom. The topological polar surface area (TPSA) is 36.9 Å². The summed E-state index contributed by atoms with van der Waals surface area (Å²) < 4.78 is 20.7. The molecule has 0 saturated carbocycles. The molecule has 0 bridgehead atoms. The standard InChI is InChI=1S/C6H18O4Si2/c1-7-11(8-2)5-6-12(9-3)10-4/h11-12H,5-6H2,1-4H3. The van der Waals surface area contributed by atoms with Gasteiger partial charge in [-0.05, 0) is 12.1 Å². The molecular formula is C6H18O4Si2. The second-order valence-corrected chi connectivity index (χ2v) is 7.14. The Balaban J connectivity index is 3.49. The van der Waals surface area contributed by atoms with Crippen molar-refractivity contribution in [1.82, 2.24) is 0 Å². The first-order chi connectivity index (χ1) is 5.78. The SMILES string of the molecule is CO[SiH](CC[SiH](OC)OC)OC. The summed E-state index contributed by atoms with van der Waals surface area (Å²) >= 11 is 0. The normalized spacial score (nSPS) is 11.5. The van der Waals surface area contributed by atoms with Gasteiger partial charge in [-0.15, -0.1) is 0 Å². The van der Waals surface area contributed by atoms with E-state index in [0.29, 0.717) is 0 Å². The van der Waals surface area contributed by atoms with Crippen molar-refractivity contribution in [2.24, 2.45) is 0 Å². The Bertz CT molecular complexity index is 83.5. The van der Waals surface area contributed by atoms with E-state index in [1.54, 1.807) is 28.4 Å². The Morgan fingerprint density at radius 2 is 0.917 bits per heavy atom. The van der Waals surface area contributed by atoms with Gasteiger partial charge in [0.1, 0.15) is 0 Å². The Labute approximate surface area is 77.5 Å². The van der Waals surface area contributed by atoms with E-state index < -0.39 is 18.6 Å². The van der Waals surface area contributed by atoms with Crippen LogP contribution >= 0.6 is 0 Å². The highest BCUT2D eigenvalue weighted by atomic mass is 28.3. The minimum Gasteiger partial charge on any atom is -0.400 e. The van der Waals surface area contributed by atoms with E-state index in [2.05, 4.69) is 0 Å². The molecule has 0 aromatic rings. The molecule has 12 heavy (non-hydrogen) atoms. The van der Waals surface area contributed by atoms with Crippen molar-refractivity contribution < 1.29 is 17.7 Å².